The predicted octanol–water partition coefficient (Wildman–Crippen LogP) is 4.17. The zero-order valence-electron chi connectivity index (χ0n) is 14.3. The molecule has 0 aliphatic heterocycles. The number of carbonyl (C=O) groups excluding carboxylic acids is 1. The summed E-state index contributed by atoms with van der Waals surface area (Å²) in [6.45, 7) is 5.82. The van der Waals surface area contributed by atoms with Gasteiger partial charge in [-0.3, -0.25) is 4.79 Å². The molecule has 24 heavy (non-hydrogen) atoms. The molecule has 0 atom stereocenters. The van der Waals surface area contributed by atoms with Gasteiger partial charge in [-0.1, -0.05) is 23.8 Å². The molecule has 2 rings (SSSR count). The molecule has 4 heteroatoms. The third-order valence-corrected chi connectivity index (χ3v) is 3.77. The molecular weight excluding hydrogens is 300 g/mol. The van der Waals surface area contributed by atoms with E-state index in [0.29, 0.717) is 5.69 Å². The summed E-state index contributed by atoms with van der Waals surface area (Å²) in [4.78, 5) is 12.4. The normalized spacial score (nSPS) is 10.9. The van der Waals surface area contributed by atoms with Crippen LogP contribution in [0.3, 0.4) is 0 Å². The molecule has 0 saturated heterocycles. The predicted molar refractivity (Wildman–Crippen MR) is 95.9 cm³/mol. The largest absolute Gasteiger partial charge is 0.497 e. The summed E-state index contributed by atoms with van der Waals surface area (Å²) < 4.78 is 5.17. The molecule has 2 aromatic rings. The number of rotatable bonds is 4. The first-order valence-electron chi connectivity index (χ1n) is 7.59. The van der Waals surface area contributed by atoms with Crippen molar-refractivity contribution in [1.29, 1.82) is 5.26 Å². The van der Waals surface area contributed by atoms with Crippen molar-refractivity contribution in [3.63, 3.8) is 0 Å². The molecule has 0 radical (unpaired) electrons. The van der Waals surface area contributed by atoms with Gasteiger partial charge in [0.1, 0.15) is 17.4 Å². The van der Waals surface area contributed by atoms with Gasteiger partial charge in [0.25, 0.3) is 5.91 Å². The van der Waals surface area contributed by atoms with Crippen LogP contribution >= 0.6 is 0 Å². The van der Waals surface area contributed by atoms with Crippen LogP contribution in [-0.2, 0) is 4.79 Å². The fourth-order valence-electron chi connectivity index (χ4n) is 2.38. The number of carbonyl (C=O) groups is 1. The molecule has 0 aliphatic carbocycles. The summed E-state index contributed by atoms with van der Waals surface area (Å²) in [5.41, 5.74) is 4.59. The number of ether oxygens (including phenoxy) is 1. The third-order valence-electron chi connectivity index (χ3n) is 3.77. The van der Waals surface area contributed by atoms with Crippen molar-refractivity contribution in [3.05, 3.63) is 64.2 Å². The number of nitriles is 1. The minimum absolute atomic E-state index is 0.0586. The van der Waals surface area contributed by atoms with Crippen LogP contribution in [0.5, 0.6) is 5.75 Å². The highest BCUT2D eigenvalue weighted by atomic mass is 16.5. The number of nitrogens with one attached hydrogen (secondary N) is 1. The van der Waals surface area contributed by atoms with E-state index in [4.69, 9.17) is 4.74 Å². The summed E-state index contributed by atoms with van der Waals surface area (Å²) in [6.07, 6.45) is 1.59. The molecule has 0 bridgehead atoms. The zero-order valence-corrected chi connectivity index (χ0v) is 14.3. The molecule has 0 aliphatic rings. The molecule has 2 aromatic carbocycles. The van der Waals surface area contributed by atoms with Gasteiger partial charge in [0.2, 0.25) is 0 Å². The van der Waals surface area contributed by atoms with Gasteiger partial charge in [0, 0.05) is 5.69 Å². The molecule has 122 valence electrons. The highest BCUT2D eigenvalue weighted by Gasteiger charge is 2.11. The van der Waals surface area contributed by atoms with Crippen molar-refractivity contribution in [1.82, 2.24) is 0 Å². The average molecular weight is 320 g/mol. The highest BCUT2D eigenvalue weighted by molar-refractivity contribution is 6.10. The number of benzene rings is 2. The van der Waals surface area contributed by atoms with Gasteiger partial charge in [-0.25, -0.2) is 0 Å². The first kappa shape index (κ1) is 17.3. The van der Waals surface area contributed by atoms with Crippen LogP contribution in [0.25, 0.3) is 6.08 Å². The van der Waals surface area contributed by atoms with Crippen LogP contribution in [0.1, 0.15) is 22.3 Å². The van der Waals surface area contributed by atoms with Gasteiger partial charge in [0.15, 0.2) is 0 Å². The lowest BCUT2D eigenvalue weighted by Crippen LogP contribution is -2.14. The third kappa shape index (κ3) is 4.02. The first-order chi connectivity index (χ1) is 11.4. The van der Waals surface area contributed by atoms with Crippen molar-refractivity contribution in [2.45, 2.75) is 20.8 Å². The Kier molecular flexibility index (Phi) is 5.39. The molecule has 0 unspecified atom stereocenters. The second-order valence-electron chi connectivity index (χ2n) is 5.66. The number of hydrogen-bond donors (Lipinski definition) is 1. The van der Waals surface area contributed by atoms with Crippen molar-refractivity contribution < 1.29 is 9.53 Å². The summed E-state index contributed by atoms with van der Waals surface area (Å²) in [5.74, 6) is 0.322. The van der Waals surface area contributed by atoms with Crippen LogP contribution in [0.15, 0.2) is 42.0 Å². The van der Waals surface area contributed by atoms with Crippen molar-refractivity contribution in [2.75, 3.05) is 12.4 Å². The Morgan fingerprint density at radius 2 is 1.88 bits per heavy atom. The molecule has 0 saturated carbocycles. The Balaban J connectivity index is 2.27. The van der Waals surface area contributed by atoms with Crippen molar-refractivity contribution >= 4 is 17.7 Å². The number of hydrogen-bond acceptors (Lipinski definition) is 3. The average Bonchev–Trinajstić information content (AvgIpc) is 2.56. The fourth-order valence-corrected chi connectivity index (χ4v) is 2.38. The van der Waals surface area contributed by atoms with Crippen LogP contribution in [0.2, 0.25) is 0 Å². The Hall–Kier alpha value is -3.06. The molecule has 0 aromatic heterocycles. The van der Waals surface area contributed by atoms with E-state index in [9.17, 15) is 10.1 Å². The summed E-state index contributed by atoms with van der Waals surface area (Å²) in [5, 5.41) is 12.1. The Morgan fingerprint density at radius 1 is 1.12 bits per heavy atom. The van der Waals surface area contributed by atoms with E-state index in [1.54, 1.807) is 19.3 Å². The van der Waals surface area contributed by atoms with E-state index in [2.05, 4.69) is 5.32 Å². The molecule has 4 nitrogen and oxygen atoms in total. The van der Waals surface area contributed by atoms with E-state index in [1.165, 1.54) is 0 Å². The highest BCUT2D eigenvalue weighted by Crippen LogP contribution is 2.21. The molecule has 0 spiro atoms. The van der Waals surface area contributed by atoms with Gasteiger partial charge < -0.3 is 10.1 Å². The Morgan fingerprint density at radius 3 is 2.46 bits per heavy atom. The Bertz CT molecular complexity index is 845. The molecule has 1 amide bonds. The summed E-state index contributed by atoms with van der Waals surface area (Å²) in [7, 11) is 1.60. The maximum Gasteiger partial charge on any atom is 0.266 e. The second kappa shape index (κ2) is 7.47. The fraction of sp³-hybridized carbons (Fsp3) is 0.200. The number of amides is 1. The second-order valence-corrected chi connectivity index (χ2v) is 5.66. The van der Waals surface area contributed by atoms with Crippen LogP contribution in [-0.4, -0.2) is 13.0 Å². The number of nitrogens with zero attached hydrogens (tertiary/aromatic N) is 1. The lowest BCUT2D eigenvalue weighted by atomic mass is 10.0. The van der Waals surface area contributed by atoms with Crippen molar-refractivity contribution in [3.8, 4) is 11.8 Å². The van der Waals surface area contributed by atoms with Gasteiger partial charge in [0.05, 0.1) is 7.11 Å². The van der Waals surface area contributed by atoms with E-state index in [0.717, 1.165) is 28.0 Å². The summed E-state index contributed by atoms with van der Waals surface area (Å²) >= 11 is 0. The van der Waals surface area contributed by atoms with E-state index in [-0.39, 0.29) is 5.57 Å². The van der Waals surface area contributed by atoms with E-state index < -0.39 is 5.91 Å². The smallest absolute Gasteiger partial charge is 0.266 e. The lowest BCUT2D eigenvalue weighted by Gasteiger charge is -2.09. The van der Waals surface area contributed by atoms with Crippen LogP contribution in [0.4, 0.5) is 5.69 Å². The topological polar surface area (TPSA) is 62.1 Å². The maximum atomic E-state index is 12.4. The van der Waals surface area contributed by atoms with Gasteiger partial charge in [-0.05, 0) is 61.7 Å². The molecule has 0 fully saturated rings. The number of aryl methyl sites for hydroxylation is 3. The van der Waals surface area contributed by atoms with Gasteiger partial charge in [-0.2, -0.15) is 5.26 Å². The van der Waals surface area contributed by atoms with E-state index >= 15 is 0 Å². The van der Waals surface area contributed by atoms with Crippen molar-refractivity contribution in [2.24, 2.45) is 0 Å². The maximum absolute atomic E-state index is 12.4. The van der Waals surface area contributed by atoms with Crippen LogP contribution in [0, 0.1) is 32.1 Å². The Labute approximate surface area is 142 Å². The molecular formula is C20H20N2O2. The number of anilines is 1. The standard InChI is InChI=1S/C20H20N2O2/c1-13-5-8-19(15(3)9-13)22-20(23)17(12-21)11-16-6-7-18(24-4)10-14(16)2/h5-11H,1-4H3,(H,22,23)/b17-11+. The van der Waals surface area contributed by atoms with Gasteiger partial charge in [-0.15, -0.1) is 0 Å². The quantitative estimate of drug-likeness (QED) is 0.679. The molecule has 0 heterocycles. The SMILES string of the molecule is COc1ccc(/C=C(\C#N)C(=O)Nc2ccc(C)cc2C)c(C)c1. The lowest BCUT2D eigenvalue weighted by molar-refractivity contribution is -0.112. The minimum atomic E-state index is -0.417. The zero-order chi connectivity index (χ0) is 17.7. The number of methoxy groups -OCH3 is 1. The minimum Gasteiger partial charge on any atom is -0.497 e. The first-order valence-corrected chi connectivity index (χ1v) is 7.59. The van der Waals surface area contributed by atoms with Crippen LogP contribution < -0.4 is 10.1 Å². The van der Waals surface area contributed by atoms with E-state index in [1.807, 2.05) is 57.2 Å². The monoisotopic (exact) mass is 320 g/mol. The summed E-state index contributed by atoms with van der Waals surface area (Å²) in [6, 6.07) is 13.2. The molecule has 1 N–H and O–H groups in total. The van der Waals surface area contributed by atoms with Gasteiger partial charge >= 0.3 is 0 Å².